The molecule has 0 aliphatic carbocycles. The molecule has 4 aromatic carbocycles. The van der Waals surface area contributed by atoms with Crippen LogP contribution in [-0.2, 0) is 50.6 Å². The number of rotatable bonds is 8. The number of hydrogen-bond donors (Lipinski definition) is 6. The van der Waals surface area contributed by atoms with E-state index in [9.17, 15) is 64.9 Å². The van der Waals surface area contributed by atoms with Crippen LogP contribution in [0.25, 0.3) is 12.2 Å². The molecule has 0 bridgehead atoms. The lowest BCUT2D eigenvalue weighted by Crippen LogP contribution is -2.25. The Morgan fingerprint density at radius 1 is 0.588 bits per heavy atom. The molecule has 1 aliphatic heterocycles. The fraction of sp³-hybridized carbons (Fsp3) is 0.103. The number of anilines is 2. The van der Waals surface area contributed by atoms with Gasteiger partial charge >= 0.3 is 0 Å². The van der Waals surface area contributed by atoms with E-state index in [2.05, 4.69) is 11.9 Å². The van der Waals surface area contributed by atoms with Gasteiger partial charge in [0.05, 0.1) is 10.6 Å². The zero-order valence-electron chi connectivity index (χ0n) is 26.1. The average Bonchev–Trinajstić information content (AvgIpc) is 2.94. The summed E-state index contributed by atoms with van der Waals surface area (Å²) in [4.78, 5) is -4.42. The summed E-state index contributed by atoms with van der Waals surface area (Å²) in [5.41, 5.74) is -1.46. The van der Waals surface area contributed by atoms with Crippen LogP contribution in [0.5, 0.6) is 11.5 Å². The molecule has 0 spiro atoms. The van der Waals surface area contributed by atoms with Crippen LogP contribution < -0.4 is 20.5 Å². The number of benzene rings is 4. The van der Waals surface area contributed by atoms with E-state index < -0.39 is 97.5 Å². The van der Waals surface area contributed by atoms with E-state index in [1.54, 1.807) is 0 Å². The van der Waals surface area contributed by atoms with Gasteiger partial charge in [0.15, 0.2) is 0 Å². The van der Waals surface area contributed by atoms with Gasteiger partial charge in [-0.05, 0) is 73.0 Å². The van der Waals surface area contributed by atoms with Gasteiger partial charge in [-0.15, -0.1) is 0 Å². The quantitative estimate of drug-likeness (QED) is 0.123. The highest BCUT2D eigenvalue weighted by molar-refractivity contribution is 7.87. The maximum atomic E-state index is 12.9. The third-order valence-corrected chi connectivity index (χ3v) is 12.5. The van der Waals surface area contributed by atoms with E-state index >= 15 is 0 Å². The smallest absolute Gasteiger partial charge is 0.296 e. The second-order valence-corrected chi connectivity index (χ2v) is 18.2. The molecule has 4 aromatic rings. The number of fused-ring (bicyclic) bond motifs is 2. The minimum Gasteiger partial charge on any atom is -0.456 e. The molecule has 0 unspecified atom stereocenters. The van der Waals surface area contributed by atoms with Gasteiger partial charge in [0, 0.05) is 33.7 Å². The van der Waals surface area contributed by atoms with Crippen LogP contribution in [0.15, 0.2) is 73.0 Å². The molecular formula is C29H25NO16S5. The Kier molecular flexibility index (Phi) is 9.08. The van der Waals surface area contributed by atoms with Crippen molar-refractivity contribution in [3.8, 4) is 11.5 Å². The second kappa shape index (κ2) is 12.2. The molecule has 0 amide bonds. The fourth-order valence-corrected chi connectivity index (χ4v) is 9.37. The average molecular weight is 804 g/mol. The van der Waals surface area contributed by atoms with Gasteiger partial charge in [0.25, 0.3) is 50.6 Å². The molecule has 1 aliphatic rings. The highest BCUT2D eigenvalue weighted by Crippen LogP contribution is 2.44. The first-order valence-electron chi connectivity index (χ1n) is 13.7. The lowest BCUT2D eigenvalue weighted by Gasteiger charge is -2.25. The molecule has 0 fully saturated rings. The Hall–Kier alpha value is -4.23. The predicted octanol–water partition coefficient (Wildman–Crippen LogP) is 2.35. The SMILES string of the molecule is C=c1cc2c(cc1S(=O)(=O)O)=C(c1ccc(S(=O)(=O)O)cc1S(=O)(=O)O)c1cc(S(=O)(=O)O)c(Nc3c(C)cc(C)c(S(=O)(=O)O)c3C)cc1O2. The van der Waals surface area contributed by atoms with Gasteiger partial charge in [0.1, 0.15) is 31.1 Å². The Bertz CT molecular complexity index is 2920. The van der Waals surface area contributed by atoms with Crippen molar-refractivity contribution < 1.29 is 69.6 Å². The van der Waals surface area contributed by atoms with Gasteiger partial charge in [0.2, 0.25) is 0 Å². The van der Waals surface area contributed by atoms with Crippen LogP contribution in [0.2, 0.25) is 0 Å². The van der Waals surface area contributed by atoms with Crippen LogP contribution in [-0.4, -0.2) is 64.9 Å². The van der Waals surface area contributed by atoms with Crippen LogP contribution in [0.3, 0.4) is 0 Å². The van der Waals surface area contributed by atoms with Crippen molar-refractivity contribution in [3.05, 3.63) is 86.8 Å². The van der Waals surface area contributed by atoms with Crippen molar-refractivity contribution >= 4 is 74.1 Å². The number of ether oxygens (including phenoxy) is 1. The topological polar surface area (TPSA) is 293 Å². The first kappa shape index (κ1) is 38.0. The Balaban J connectivity index is 1.96. The van der Waals surface area contributed by atoms with Crippen LogP contribution >= 0.6 is 0 Å². The monoisotopic (exact) mass is 803 g/mol. The zero-order valence-corrected chi connectivity index (χ0v) is 30.2. The maximum Gasteiger partial charge on any atom is 0.296 e. The molecule has 17 nitrogen and oxygen atoms in total. The first-order valence-corrected chi connectivity index (χ1v) is 20.9. The van der Waals surface area contributed by atoms with Crippen molar-refractivity contribution in [3.63, 3.8) is 0 Å². The van der Waals surface area contributed by atoms with Crippen molar-refractivity contribution in [1.29, 1.82) is 0 Å². The minimum absolute atomic E-state index is 0.0224. The van der Waals surface area contributed by atoms with Gasteiger partial charge in [-0.2, -0.15) is 42.1 Å². The lowest BCUT2D eigenvalue weighted by atomic mass is 9.92. The second-order valence-electron chi connectivity index (χ2n) is 11.3. The molecule has 0 aromatic heterocycles. The standard InChI is InChI=1S/C29H25NO16S5/c1-13-8-22-19(10-24(13)48(34,35)36)27(18-6-5-17(47(31,32)33)9-25(18)49(37,38)39)20-11-26(50(40,41)42)21(12-23(20)46-22)30-28-14(2)7-15(3)29(16(28)4)51(43,44)45/h5-12,30H,1H2,2-4H3,(H,31,32,33)(H,34,35,36)(H,37,38,39)(H,40,41,42)(H,43,44,45). The molecule has 22 heteroatoms. The third kappa shape index (κ3) is 7.15. The third-order valence-electron chi connectivity index (χ3n) is 7.78. The van der Waals surface area contributed by atoms with Gasteiger partial charge < -0.3 is 10.1 Å². The fourth-order valence-electron chi connectivity index (χ4n) is 5.80. The van der Waals surface area contributed by atoms with Gasteiger partial charge in [-0.1, -0.05) is 18.7 Å². The molecule has 1 heterocycles. The number of nitrogens with one attached hydrogen (secondary N) is 1. The molecule has 0 saturated carbocycles. The van der Waals surface area contributed by atoms with Gasteiger partial charge in [-0.3, -0.25) is 22.8 Å². The van der Waals surface area contributed by atoms with Crippen LogP contribution in [0.4, 0.5) is 11.4 Å². The van der Waals surface area contributed by atoms with E-state index in [1.165, 1.54) is 26.8 Å². The Morgan fingerprint density at radius 3 is 1.71 bits per heavy atom. The van der Waals surface area contributed by atoms with Crippen LogP contribution in [0, 0.1) is 20.8 Å². The first-order chi connectivity index (χ1) is 23.1. The molecular weight excluding hydrogens is 779 g/mol. The summed E-state index contributed by atoms with van der Waals surface area (Å²) in [7, 11) is -25.6. The number of aryl methyl sites for hydroxylation is 2. The summed E-state index contributed by atoms with van der Waals surface area (Å²) in [5.74, 6) is -0.610. The van der Waals surface area contributed by atoms with E-state index in [1.807, 2.05) is 0 Å². The molecule has 5 rings (SSSR count). The largest absolute Gasteiger partial charge is 0.456 e. The molecule has 0 radical (unpaired) electrons. The summed E-state index contributed by atoms with van der Waals surface area (Å²) in [6.45, 7) is 7.81. The van der Waals surface area contributed by atoms with E-state index in [4.69, 9.17) is 4.74 Å². The molecule has 0 atom stereocenters. The highest BCUT2D eigenvalue weighted by Gasteiger charge is 2.32. The predicted molar refractivity (Wildman–Crippen MR) is 179 cm³/mol. The Labute approximate surface area is 291 Å². The summed E-state index contributed by atoms with van der Waals surface area (Å²) in [6.07, 6.45) is 0. The number of hydrogen-bond acceptors (Lipinski definition) is 12. The summed E-state index contributed by atoms with van der Waals surface area (Å²) < 4.78 is 179. The molecule has 51 heavy (non-hydrogen) atoms. The highest BCUT2D eigenvalue weighted by atomic mass is 32.2. The van der Waals surface area contributed by atoms with Crippen molar-refractivity contribution in [2.45, 2.75) is 45.2 Å². The van der Waals surface area contributed by atoms with E-state index in [0.717, 1.165) is 36.4 Å². The van der Waals surface area contributed by atoms with Crippen LogP contribution in [0.1, 0.15) is 27.8 Å². The molecule has 272 valence electrons. The van der Waals surface area contributed by atoms with E-state index in [0.29, 0.717) is 11.6 Å². The molecule has 0 saturated heterocycles. The van der Waals surface area contributed by atoms with Crippen molar-refractivity contribution in [1.82, 2.24) is 0 Å². The van der Waals surface area contributed by atoms with Gasteiger partial charge in [-0.25, -0.2) is 0 Å². The zero-order chi connectivity index (χ0) is 38.4. The summed E-state index contributed by atoms with van der Waals surface area (Å²) in [5, 5.41) is 2.03. The van der Waals surface area contributed by atoms with Crippen molar-refractivity contribution in [2.75, 3.05) is 5.32 Å². The minimum atomic E-state index is -5.40. The summed E-state index contributed by atoms with van der Waals surface area (Å²) >= 11 is 0. The summed E-state index contributed by atoms with van der Waals surface area (Å²) in [6, 6.07) is 6.80. The van der Waals surface area contributed by atoms with E-state index in [-0.39, 0.29) is 38.8 Å². The lowest BCUT2D eigenvalue weighted by molar-refractivity contribution is 0.466. The molecule has 6 N–H and O–H groups in total. The Morgan fingerprint density at radius 2 is 1.18 bits per heavy atom. The normalized spacial score (nSPS) is 13.7. The maximum absolute atomic E-state index is 12.9. The van der Waals surface area contributed by atoms with Crippen molar-refractivity contribution in [2.24, 2.45) is 0 Å².